The Bertz CT molecular complexity index is 925. The standard InChI is InChI=1S/C18H20N4O3/c23-17(13-22-15-7-1-2-8-16(15)25-18(22)24)21-11-4-3-6-14(21)12-20-10-5-9-19-20/h1-2,5,7-10,14H,3-4,6,11-13H2/t14-/m1/s1. The lowest BCUT2D eigenvalue weighted by atomic mass is 10.0. The van der Waals surface area contributed by atoms with Crippen molar-refractivity contribution in [1.29, 1.82) is 0 Å². The second-order valence-corrected chi connectivity index (χ2v) is 6.39. The number of piperidine rings is 1. The Labute approximate surface area is 144 Å². The van der Waals surface area contributed by atoms with Gasteiger partial charge in [0.05, 0.1) is 18.1 Å². The Balaban J connectivity index is 1.56. The third kappa shape index (κ3) is 3.09. The summed E-state index contributed by atoms with van der Waals surface area (Å²) in [6.45, 7) is 1.40. The van der Waals surface area contributed by atoms with Gasteiger partial charge in [0.2, 0.25) is 5.91 Å². The normalized spacial score (nSPS) is 17.9. The van der Waals surface area contributed by atoms with E-state index in [1.165, 1.54) is 4.57 Å². The van der Waals surface area contributed by atoms with Gasteiger partial charge in [-0.3, -0.25) is 14.0 Å². The minimum absolute atomic E-state index is 0.00541. The second-order valence-electron chi connectivity index (χ2n) is 6.39. The van der Waals surface area contributed by atoms with Crippen molar-refractivity contribution in [3.8, 4) is 0 Å². The summed E-state index contributed by atoms with van der Waals surface area (Å²) in [6, 6.07) is 9.16. The minimum atomic E-state index is -0.491. The lowest BCUT2D eigenvalue weighted by Crippen LogP contribution is -2.47. The maximum atomic E-state index is 12.9. The summed E-state index contributed by atoms with van der Waals surface area (Å²) in [5.74, 6) is -0.541. The van der Waals surface area contributed by atoms with Crippen LogP contribution in [0.4, 0.5) is 0 Å². The van der Waals surface area contributed by atoms with Gasteiger partial charge in [0, 0.05) is 18.9 Å². The molecular weight excluding hydrogens is 320 g/mol. The molecule has 3 aromatic rings. The highest BCUT2D eigenvalue weighted by Gasteiger charge is 2.28. The number of para-hydroxylation sites is 2. The molecule has 130 valence electrons. The first-order chi connectivity index (χ1) is 12.2. The molecule has 1 amide bonds. The Kier molecular flexibility index (Phi) is 4.13. The number of carbonyl (C=O) groups excluding carboxylic acids is 1. The molecule has 3 heterocycles. The molecule has 0 radical (unpaired) electrons. The van der Waals surface area contributed by atoms with Crippen LogP contribution in [0.25, 0.3) is 11.1 Å². The second kappa shape index (κ2) is 6.58. The van der Waals surface area contributed by atoms with Crippen molar-refractivity contribution in [3.05, 3.63) is 53.3 Å². The van der Waals surface area contributed by atoms with E-state index in [1.54, 1.807) is 18.3 Å². The molecular formula is C18H20N4O3. The Hall–Kier alpha value is -2.83. The van der Waals surface area contributed by atoms with Crippen molar-refractivity contribution in [3.63, 3.8) is 0 Å². The van der Waals surface area contributed by atoms with Gasteiger partial charge in [-0.15, -0.1) is 0 Å². The maximum absolute atomic E-state index is 12.9. The van der Waals surface area contributed by atoms with Crippen LogP contribution in [0.1, 0.15) is 19.3 Å². The number of hydrogen-bond donors (Lipinski definition) is 0. The van der Waals surface area contributed by atoms with Crippen LogP contribution in [-0.2, 0) is 17.9 Å². The summed E-state index contributed by atoms with van der Waals surface area (Å²) >= 11 is 0. The summed E-state index contributed by atoms with van der Waals surface area (Å²) in [6.07, 6.45) is 6.69. The fourth-order valence-electron chi connectivity index (χ4n) is 3.53. The fraction of sp³-hybridized carbons (Fsp3) is 0.389. The predicted octanol–water partition coefficient (Wildman–Crippen LogP) is 1.87. The summed E-state index contributed by atoms with van der Waals surface area (Å²) in [7, 11) is 0. The summed E-state index contributed by atoms with van der Waals surface area (Å²) < 4.78 is 8.49. The van der Waals surface area contributed by atoms with E-state index < -0.39 is 5.76 Å². The van der Waals surface area contributed by atoms with Crippen LogP contribution < -0.4 is 5.76 Å². The molecule has 4 rings (SSSR count). The molecule has 7 nitrogen and oxygen atoms in total. The monoisotopic (exact) mass is 340 g/mol. The topological polar surface area (TPSA) is 73.3 Å². The lowest BCUT2D eigenvalue weighted by molar-refractivity contribution is -0.136. The number of amides is 1. The number of rotatable bonds is 4. The zero-order valence-electron chi connectivity index (χ0n) is 13.9. The lowest BCUT2D eigenvalue weighted by Gasteiger charge is -2.35. The summed E-state index contributed by atoms with van der Waals surface area (Å²) in [5, 5.41) is 4.24. The van der Waals surface area contributed by atoms with Gasteiger partial charge in [-0.25, -0.2) is 4.79 Å². The van der Waals surface area contributed by atoms with Gasteiger partial charge < -0.3 is 9.32 Å². The van der Waals surface area contributed by atoms with E-state index in [0.29, 0.717) is 17.6 Å². The van der Waals surface area contributed by atoms with E-state index in [9.17, 15) is 9.59 Å². The van der Waals surface area contributed by atoms with Crippen molar-refractivity contribution >= 4 is 17.0 Å². The quantitative estimate of drug-likeness (QED) is 0.727. The predicted molar refractivity (Wildman–Crippen MR) is 92.1 cm³/mol. The third-order valence-corrected chi connectivity index (χ3v) is 4.77. The van der Waals surface area contributed by atoms with Gasteiger partial charge in [-0.1, -0.05) is 12.1 Å². The van der Waals surface area contributed by atoms with Crippen LogP contribution in [-0.4, -0.2) is 37.7 Å². The molecule has 1 atom stereocenters. The smallest absolute Gasteiger partial charge is 0.408 e. The van der Waals surface area contributed by atoms with Gasteiger partial charge in [0.15, 0.2) is 5.58 Å². The van der Waals surface area contributed by atoms with Crippen molar-refractivity contribution in [2.24, 2.45) is 0 Å². The first-order valence-electron chi connectivity index (χ1n) is 8.57. The number of oxazole rings is 1. The van der Waals surface area contributed by atoms with E-state index in [2.05, 4.69) is 5.10 Å². The van der Waals surface area contributed by atoms with Crippen LogP contribution in [0, 0.1) is 0 Å². The number of nitrogens with zero attached hydrogens (tertiary/aromatic N) is 4. The van der Waals surface area contributed by atoms with Gasteiger partial charge in [0.1, 0.15) is 6.54 Å². The van der Waals surface area contributed by atoms with E-state index in [0.717, 1.165) is 25.8 Å². The molecule has 0 N–H and O–H groups in total. The first kappa shape index (κ1) is 15.7. The minimum Gasteiger partial charge on any atom is -0.408 e. The number of benzene rings is 1. The Morgan fingerprint density at radius 1 is 1.24 bits per heavy atom. The third-order valence-electron chi connectivity index (χ3n) is 4.77. The Morgan fingerprint density at radius 3 is 2.96 bits per heavy atom. The van der Waals surface area contributed by atoms with Crippen LogP contribution in [0.5, 0.6) is 0 Å². The molecule has 1 saturated heterocycles. The van der Waals surface area contributed by atoms with E-state index in [-0.39, 0.29) is 18.5 Å². The molecule has 0 unspecified atom stereocenters. The first-order valence-corrected chi connectivity index (χ1v) is 8.57. The average molecular weight is 340 g/mol. The number of hydrogen-bond acceptors (Lipinski definition) is 4. The van der Waals surface area contributed by atoms with Gasteiger partial charge in [0.25, 0.3) is 0 Å². The molecule has 1 aliphatic heterocycles. The largest absolute Gasteiger partial charge is 0.420 e. The van der Waals surface area contributed by atoms with Crippen molar-refractivity contribution < 1.29 is 9.21 Å². The number of fused-ring (bicyclic) bond motifs is 1. The highest BCUT2D eigenvalue weighted by atomic mass is 16.4. The van der Waals surface area contributed by atoms with Gasteiger partial charge >= 0.3 is 5.76 Å². The zero-order chi connectivity index (χ0) is 17.2. The number of aromatic nitrogens is 3. The highest BCUT2D eigenvalue weighted by Crippen LogP contribution is 2.20. The van der Waals surface area contributed by atoms with Crippen LogP contribution in [0.3, 0.4) is 0 Å². The molecule has 0 aliphatic carbocycles. The molecule has 0 saturated carbocycles. The SMILES string of the molecule is O=C(Cn1c(=O)oc2ccccc21)N1CCCC[C@@H]1Cn1cccn1. The highest BCUT2D eigenvalue weighted by molar-refractivity contribution is 5.79. The number of likely N-dealkylation sites (tertiary alicyclic amines) is 1. The van der Waals surface area contributed by atoms with Gasteiger partial charge in [-0.05, 0) is 37.5 Å². The Morgan fingerprint density at radius 2 is 2.12 bits per heavy atom. The molecule has 1 aromatic carbocycles. The van der Waals surface area contributed by atoms with E-state index in [1.807, 2.05) is 34.0 Å². The molecule has 1 aliphatic rings. The van der Waals surface area contributed by atoms with Crippen LogP contribution in [0.15, 0.2) is 51.9 Å². The molecule has 2 aromatic heterocycles. The van der Waals surface area contributed by atoms with Crippen molar-refractivity contribution in [2.45, 2.75) is 38.4 Å². The molecule has 0 spiro atoms. The van der Waals surface area contributed by atoms with Crippen molar-refractivity contribution in [2.75, 3.05) is 6.54 Å². The van der Waals surface area contributed by atoms with E-state index >= 15 is 0 Å². The average Bonchev–Trinajstić information content (AvgIpc) is 3.24. The number of carbonyl (C=O) groups is 1. The zero-order valence-corrected chi connectivity index (χ0v) is 13.9. The molecule has 7 heteroatoms. The maximum Gasteiger partial charge on any atom is 0.420 e. The molecule has 1 fully saturated rings. The van der Waals surface area contributed by atoms with E-state index in [4.69, 9.17) is 4.42 Å². The summed E-state index contributed by atoms with van der Waals surface area (Å²) in [5.41, 5.74) is 1.16. The summed E-state index contributed by atoms with van der Waals surface area (Å²) in [4.78, 5) is 26.9. The van der Waals surface area contributed by atoms with Gasteiger partial charge in [-0.2, -0.15) is 5.10 Å². The fourth-order valence-corrected chi connectivity index (χ4v) is 3.53. The van der Waals surface area contributed by atoms with Crippen LogP contribution in [0.2, 0.25) is 0 Å². The molecule has 0 bridgehead atoms. The van der Waals surface area contributed by atoms with Crippen molar-refractivity contribution in [1.82, 2.24) is 19.2 Å². The molecule has 25 heavy (non-hydrogen) atoms. The van der Waals surface area contributed by atoms with Crippen LogP contribution >= 0.6 is 0 Å².